The molecule has 0 saturated carbocycles. The van der Waals surface area contributed by atoms with E-state index in [1.807, 2.05) is 9.80 Å². The van der Waals surface area contributed by atoms with Gasteiger partial charge < -0.3 is 25.2 Å². The topological polar surface area (TPSA) is 106 Å². The Morgan fingerprint density at radius 2 is 1.72 bits per heavy atom. The Morgan fingerprint density at radius 1 is 1.03 bits per heavy atom. The van der Waals surface area contributed by atoms with Crippen LogP contribution < -0.4 is 15.5 Å². The summed E-state index contributed by atoms with van der Waals surface area (Å²) in [7, 11) is 0. The monoisotopic (exact) mass is 498 g/mol. The molecule has 3 aliphatic rings. The van der Waals surface area contributed by atoms with E-state index < -0.39 is 6.43 Å². The van der Waals surface area contributed by atoms with Gasteiger partial charge in [0.05, 0.1) is 30.8 Å². The van der Waals surface area contributed by atoms with Gasteiger partial charge in [-0.15, -0.1) is 0 Å². The lowest BCUT2D eigenvalue weighted by Crippen LogP contribution is -2.57. The van der Waals surface area contributed by atoms with E-state index in [4.69, 9.17) is 20.4 Å². The number of benzene rings is 1. The minimum Gasteiger partial charge on any atom is -0.378 e. The fourth-order valence-corrected chi connectivity index (χ4v) is 5.63. The number of hydrogen-bond donors (Lipinski definition) is 1. The standard InChI is InChI=1S/C24H28F2N8O2/c25-22(26)23-28-17-3-1-2-4-18(17)34(23)20-11-19(29-24(30-20)31-7-9-36-10-8-31)32-13-15-5-6-16(14-32)33(15)21(35)12-27/h1-4,11,15-16,22H,5-10,12-14,27H2. The third-order valence-electron chi connectivity index (χ3n) is 7.26. The lowest BCUT2D eigenvalue weighted by molar-refractivity contribution is -0.133. The van der Waals surface area contributed by atoms with E-state index in [-0.39, 0.29) is 30.4 Å². The van der Waals surface area contributed by atoms with E-state index in [0.29, 0.717) is 68.0 Å². The number of carbonyl (C=O) groups excluding carboxylic acids is 1. The molecule has 0 radical (unpaired) electrons. The molecule has 0 spiro atoms. The van der Waals surface area contributed by atoms with Crippen molar-refractivity contribution in [2.24, 2.45) is 5.73 Å². The number of anilines is 2. The smallest absolute Gasteiger partial charge is 0.296 e. The number of carbonyl (C=O) groups is 1. The third kappa shape index (κ3) is 3.94. The van der Waals surface area contributed by atoms with Crippen LogP contribution in [-0.2, 0) is 9.53 Å². The average Bonchev–Trinajstić information content (AvgIpc) is 3.43. The predicted octanol–water partition coefficient (Wildman–Crippen LogP) is 1.73. The highest BCUT2D eigenvalue weighted by Crippen LogP contribution is 2.34. The van der Waals surface area contributed by atoms with E-state index in [0.717, 1.165) is 12.8 Å². The molecule has 2 aromatic heterocycles. The molecule has 1 amide bonds. The maximum atomic E-state index is 14.1. The molecule has 3 aliphatic heterocycles. The highest BCUT2D eigenvalue weighted by Gasteiger charge is 2.42. The number of nitrogens with two attached hydrogens (primary N) is 1. The number of imidazole rings is 1. The molecule has 0 aliphatic carbocycles. The lowest BCUT2D eigenvalue weighted by Gasteiger charge is -2.41. The number of alkyl halides is 2. The molecule has 2 N–H and O–H groups in total. The van der Waals surface area contributed by atoms with Crippen molar-refractivity contribution in [1.29, 1.82) is 0 Å². The molecule has 190 valence electrons. The van der Waals surface area contributed by atoms with Crippen LogP contribution in [0.15, 0.2) is 30.3 Å². The van der Waals surface area contributed by atoms with Crippen molar-refractivity contribution in [2.45, 2.75) is 31.4 Å². The van der Waals surface area contributed by atoms with Gasteiger partial charge in [-0.05, 0) is 25.0 Å². The number of fused-ring (bicyclic) bond motifs is 3. The number of para-hydroxylation sites is 2. The molecule has 2 bridgehead atoms. The Labute approximate surface area is 206 Å². The van der Waals surface area contributed by atoms with Gasteiger partial charge in [-0.1, -0.05) is 12.1 Å². The van der Waals surface area contributed by atoms with Crippen molar-refractivity contribution in [3.8, 4) is 5.82 Å². The number of ether oxygens (including phenoxy) is 1. The predicted molar refractivity (Wildman–Crippen MR) is 130 cm³/mol. The van der Waals surface area contributed by atoms with Crippen LogP contribution >= 0.6 is 0 Å². The van der Waals surface area contributed by atoms with Crippen LogP contribution in [0.4, 0.5) is 20.5 Å². The summed E-state index contributed by atoms with van der Waals surface area (Å²) >= 11 is 0. The minimum atomic E-state index is -2.77. The zero-order chi connectivity index (χ0) is 24.8. The van der Waals surface area contributed by atoms with Gasteiger partial charge in [0, 0.05) is 44.3 Å². The molecule has 12 heteroatoms. The molecular weight excluding hydrogens is 470 g/mol. The highest BCUT2D eigenvalue weighted by atomic mass is 19.3. The summed E-state index contributed by atoms with van der Waals surface area (Å²) in [4.78, 5) is 32.3. The normalized spacial score (nSPS) is 22.2. The van der Waals surface area contributed by atoms with Crippen LogP contribution in [0.3, 0.4) is 0 Å². The quantitative estimate of drug-likeness (QED) is 0.567. The average molecular weight is 499 g/mol. The summed E-state index contributed by atoms with van der Waals surface area (Å²) in [5.74, 6) is 1.07. The van der Waals surface area contributed by atoms with Crippen LogP contribution in [0.2, 0.25) is 0 Å². The fraction of sp³-hybridized carbons (Fsp3) is 0.500. The second kappa shape index (κ2) is 9.25. The van der Waals surface area contributed by atoms with Crippen molar-refractivity contribution < 1.29 is 18.3 Å². The molecule has 36 heavy (non-hydrogen) atoms. The number of halogens is 2. The van der Waals surface area contributed by atoms with Crippen molar-refractivity contribution in [3.63, 3.8) is 0 Å². The number of hydrogen-bond acceptors (Lipinski definition) is 8. The highest BCUT2D eigenvalue weighted by molar-refractivity contribution is 5.80. The second-order valence-corrected chi connectivity index (χ2v) is 9.37. The Hall–Kier alpha value is -3.38. The molecule has 2 unspecified atom stereocenters. The first-order chi connectivity index (χ1) is 17.5. The number of piperazine rings is 1. The number of morpholine rings is 1. The Bertz CT molecular complexity index is 1260. The zero-order valence-electron chi connectivity index (χ0n) is 19.8. The van der Waals surface area contributed by atoms with Gasteiger partial charge in [-0.2, -0.15) is 9.97 Å². The molecule has 1 aromatic carbocycles. The van der Waals surface area contributed by atoms with E-state index >= 15 is 0 Å². The number of aromatic nitrogens is 4. The molecule has 3 aromatic rings. The summed E-state index contributed by atoms with van der Waals surface area (Å²) in [6.45, 7) is 3.52. The first kappa shape index (κ1) is 23.0. The SMILES string of the molecule is NCC(=O)N1C2CCC1CN(c1cc(-n3c(C(F)F)nc4ccccc43)nc(N3CCOCC3)n1)C2. The van der Waals surface area contributed by atoms with Crippen LogP contribution in [0.5, 0.6) is 0 Å². The van der Waals surface area contributed by atoms with Gasteiger partial charge in [0.1, 0.15) is 11.6 Å². The fourth-order valence-electron chi connectivity index (χ4n) is 5.63. The summed E-state index contributed by atoms with van der Waals surface area (Å²) in [5.41, 5.74) is 6.69. The van der Waals surface area contributed by atoms with Crippen molar-refractivity contribution >= 4 is 28.7 Å². The van der Waals surface area contributed by atoms with Gasteiger partial charge in [0.2, 0.25) is 11.9 Å². The molecule has 5 heterocycles. The summed E-state index contributed by atoms with van der Waals surface area (Å²) in [5, 5.41) is 0. The van der Waals surface area contributed by atoms with Gasteiger partial charge in [-0.3, -0.25) is 9.36 Å². The number of nitrogens with zero attached hydrogens (tertiary/aromatic N) is 7. The Morgan fingerprint density at radius 3 is 2.42 bits per heavy atom. The van der Waals surface area contributed by atoms with E-state index in [1.165, 1.54) is 4.57 Å². The zero-order valence-corrected chi connectivity index (χ0v) is 19.8. The Balaban J connectivity index is 1.45. The van der Waals surface area contributed by atoms with E-state index in [2.05, 4.69) is 9.88 Å². The van der Waals surface area contributed by atoms with Gasteiger partial charge in [0.25, 0.3) is 6.43 Å². The summed E-state index contributed by atoms with van der Waals surface area (Å²) in [6.07, 6.45) is -0.963. The second-order valence-electron chi connectivity index (χ2n) is 9.37. The van der Waals surface area contributed by atoms with Crippen LogP contribution in [0.1, 0.15) is 25.1 Å². The maximum Gasteiger partial charge on any atom is 0.296 e. The minimum absolute atomic E-state index is 0.00402. The third-order valence-corrected chi connectivity index (χ3v) is 7.26. The van der Waals surface area contributed by atoms with Crippen molar-refractivity contribution in [1.82, 2.24) is 24.4 Å². The Kier molecular flexibility index (Phi) is 5.92. The maximum absolute atomic E-state index is 14.1. The molecule has 3 saturated heterocycles. The van der Waals surface area contributed by atoms with Gasteiger partial charge >= 0.3 is 0 Å². The summed E-state index contributed by atoms with van der Waals surface area (Å²) in [6, 6.07) is 8.91. The molecule has 10 nitrogen and oxygen atoms in total. The lowest BCUT2D eigenvalue weighted by atomic mass is 10.2. The largest absolute Gasteiger partial charge is 0.378 e. The molecule has 6 rings (SSSR count). The van der Waals surface area contributed by atoms with Gasteiger partial charge in [0.15, 0.2) is 5.82 Å². The number of amides is 1. The first-order valence-corrected chi connectivity index (χ1v) is 12.3. The number of rotatable bonds is 5. The first-order valence-electron chi connectivity index (χ1n) is 12.3. The summed E-state index contributed by atoms with van der Waals surface area (Å²) < 4.78 is 35.1. The van der Waals surface area contributed by atoms with Crippen LogP contribution in [0.25, 0.3) is 16.9 Å². The van der Waals surface area contributed by atoms with Crippen LogP contribution in [-0.4, -0.2) is 88.3 Å². The van der Waals surface area contributed by atoms with E-state index in [1.54, 1.807) is 30.3 Å². The van der Waals surface area contributed by atoms with Crippen molar-refractivity contribution in [2.75, 3.05) is 55.7 Å². The molecule has 2 atom stereocenters. The van der Waals surface area contributed by atoms with Gasteiger partial charge in [-0.25, -0.2) is 13.8 Å². The van der Waals surface area contributed by atoms with Crippen LogP contribution in [0, 0.1) is 0 Å². The molecular formula is C24H28F2N8O2. The van der Waals surface area contributed by atoms with Crippen molar-refractivity contribution in [3.05, 3.63) is 36.2 Å². The van der Waals surface area contributed by atoms with E-state index in [9.17, 15) is 13.6 Å². The molecule has 3 fully saturated rings.